The highest BCUT2D eigenvalue weighted by Gasteiger charge is 2.51. The Hall–Kier alpha value is -2.19. The van der Waals surface area contributed by atoms with Crippen LogP contribution in [0.5, 0.6) is 0 Å². The van der Waals surface area contributed by atoms with Crippen LogP contribution in [0.2, 0.25) is 0 Å². The number of fused-ring (bicyclic) bond motifs is 2. The van der Waals surface area contributed by atoms with Crippen molar-refractivity contribution in [2.24, 2.45) is 5.92 Å². The van der Waals surface area contributed by atoms with E-state index in [1.54, 1.807) is 31.4 Å². The molecule has 1 aromatic heterocycles. The van der Waals surface area contributed by atoms with Crippen LogP contribution < -0.4 is 0 Å². The van der Waals surface area contributed by atoms with E-state index in [-0.39, 0.29) is 23.5 Å². The number of likely N-dealkylation sites (N-methyl/N-ethyl adjacent to an activating group) is 1. The van der Waals surface area contributed by atoms with Gasteiger partial charge >= 0.3 is 0 Å². The number of likely N-dealkylation sites (tertiary alicyclic amines) is 1. The summed E-state index contributed by atoms with van der Waals surface area (Å²) in [6.45, 7) is 2.82. The fourth-order valence-electron chi connectivity index (χ4n) is 5.51. The highest BCUT2D eigenvalue weighted by molar-refractivity contribution is 7.86. The molecule has 1 saturated heterocycles. The van der Waals surface area contributed by atoms with Crippen LogP contribution in [0.4, 0.5) is 0 Å². The smallest absolute Gasteiger partial charge is 0.296 e. The van der Waals surface area contributed by atoms with Gasteiger partial charge in [-0.1, -0.05) is 29.8 Å². The molecule has 1 unspecified atom stereocenters. The molecular weight excluding hydrogens is 412 g/mol. The van der Waals surface area contributed by atoms with Crippen molar-refractivity contribution in [2.45, 2.75) is 36.3 Å². The normalized spacial score (nSPS) is 26.2. The number of rotatable bonds is 5. The van der Waals surface area contributed by atoms with E-state index in [0.29, 0.717) is 6.42 Å². The van der Waals surface area contributed by atoms with E-state index in [1.165, 1.54) is 16.5 Å². The van der Waals surface area contributed by atoms with E-state index in [9.17, 15) is 8.42 Å². The van der Waals surface area contributed by atoms with Crippen LogP contribution >= 0.6 is 0 Å². The lowest BCUT2D eigenvalue weighted by molar-refractivity contribution is -0.129. The number of aromatic nitrogens is 1. The zero-order chi connectivity index (χ0) is 21.8. The van der Waals surface area contributed by atoms with Gasteiger partial charge in [-0.05, 0) is 62.1 Å². The molecule has 1 aliphatic carbocycles. The number of methoxy groups -OCH3 is 1. The van der Waals surface area contributed by atoms with E-state index in [1.807, 2.05) is 6.92 Å². The van der Waals surface area contributed by atoms with Crippen LogP contribution in [0.3, 0.4) is 0 Å². The summed E-state index contributed by atoms with van der Waals surface area (Å²) in [6.07, 6.45) is 3.72. The van der Waals surface area contributed by atoms with Gasteiger partial charge in [0.05, 0.1) is 11.5 Å². The molecule has 1 N–H and O–H groups in total. The highest BCUT2D eigenvalue weighted by Crippen LogP contribution is 2.49. The van der Waals surface area contributed by atoms with Gasteiger partial charge in [0, 0.05) is 36.8 Å². The summed E-state index contributed by atoms with van der Waals surface area (Å²) < 4.78 is 37.2. The van der Waals surface area contributed by atoms with Gasteiger partial charge < -0.3 is 9.72 Å². The Bertz CT molecular complexity index is 1220. The van der Waals surface area contributed by atoms with Gasteiger partial charge in [0.25, 0.3) is 10.1 Å². The van der Waals surface area contributed by atoms with E-state index >= 15 is 0 Å². The van der Waals surface area contributed by atoms with Crippen molar-refractivity contribution in [2.75, 3.05) is 27.3 Å². The molecule has 0 radical (unpaired) electrons. The maximum absolute atomic E-state index is 12.7. The second kappa shape index (κ2) is 7.45. The molecule has 3 aromatic rings. The van der Waals surface area contributed by atoms with Gasteiger partial charge in [-0.2, -0.15) is 8.42 Å². The molecule has 1 aliphatic heterocycles. The van der Waals surface area contributed by atoms with E-state index in [4.69, 9.17) is 8.92 Å². The third kappa shape index (κ3) is 3.31. The number of ether oxygens (including phenoxy) is 1. The van der Waals surface area contributed by atoms with E-state index < -0.39 is 15.7 Å². The molecule has 0 amide bonds. The van der Waals surface area contributed by atoms with Crippen molar-refractivity contribution in [1.82, 2.24) is 9.88 Å². The van der Waals surface area contributed by atoms with Crippen molar-refractivity contribution in [3.8, 4) is 0 Å². The molecule has 164 valence electrons. The maximum Gasteiger partial charge on any atom is 0.296 e. The number of hydrogen-bond acceptors (Lipinski definition) is 5. The summed E-state index contributed by atoms with van der Waals surface area (Å²) >= 11 is 0. The maximum atomic E-state index is 12.7. The number of H-pyrrole nitrogens is 1. The van der Waals surface area contributed by atoms with Crippen molar-refractivity contribution in [3.05, 3.63) is 65.4 Å². The predicted octanol–water partition coefficient (Wildman–Crippen LogP) is 3.60. The molecule has 2 aliphatic rings. The Morgan fingerprint density at radius 2 is 1.97 bits per heavy atom. The minimum absolute atomic E-state index is 0.0252. The minimum atomic E-state index is -3.79. The Morgan fingerprint density at radius 3 is 2.71 bits per heavy atom. The molecule has 1 fully saturated rings. The number of nitrogens with zero attached hydrogens (tertiary/aromatic N) is 1. The summed E-state index contributed by atoms with van der Waals surface area (Å²) in [6, 6.07) is 13.3. The molecular formula is C24H28N2O4S. The van der Waals surface area contributed by atoms with Crippen LogP contribution in [-0.2, 0) is 31.1 Å². The highest BCUT2D eigenvalue weighted by atomic mass is 32.2. The molecule has 31 heavy (non-hydrogen) atoms. The summed E-state index contributed by atoms with van der Waals surface area (Å²) in [4.78, 5) is 5.88. The first-order chi connectivity index (χ1) is 14.8. The van der Waals surface area contributed by atoms with E-state index in [0.717, 1.165) is 24.0 Å². The van der Waals surface area contributed by atoms with Crippen molar-refractivity contribution >= 4 is 21.0 Å². The lowest BCUT2D eigenvalue weighted by Gasteiger charge is -2.53. The summed E-state index contributed by atoms with van der Waals surface area (Å²) in [5, 5.41) is 1.24. The molecule has 2 aromatic carbocycles. The largest absolute Gasteiger partial charge is 0.372 e. The lowest BCUT2D eigenvalue weighted by Crippen LogP contribution is -2.59. The average Bonchev–Trinajstić information content (AvgIpc) is 3.18. The summed E-state index contributed by atoms with van der Waals surface area (Å²) in [7, 11) is 0.0674. The van der Waals surface area contributed by atoms with Crippen LogP contribution in [0.15, 0.2) is 53.6 Å². The molecule has 2 heterocycles. The van der Waals surface area contributed by atoms with Gasteiger partial charge in [-0.25, -0.2) is 0 Å². The molecule has 6 nitrogen and oxygen atoms in total. The first-order valence-electron chi connectivity index (χ1n) is 10.6. The number of aromatic amines is 1. The van der Waals surface area contributed by atoms with Crippen LogP contribution in [0.1, 0.15) is 23.1 Å². The number of aryl methyl sites for hydroxylation is 1. The standard InChI is InChI=1S/C24H28N2O4S/c1-16-7-9-19(10-8-16)31(27,28)30-15-17-12-24(29-3)20-5-4-6-21-23(20)18(13-25-21)11-22(24)26(2)14-17/h4-10,13,17,22,25H,11-12,14-15H2,1-3H3/t17-,22-,24?/m1/s1. The summed E-state index contributed by atoms with van der Waals surface area (Å²) in [5.41, 5.74) is 4.12. The van der Waals surface area contributed by atoms with Crippen molar-refractivity contribution in [3.63, 3.8) is 0 Å². The van der Waals surface area contributed by atoms with Gasteiger partial charge in [0.2, 0.25) is 0 Å². The minimum Gasteiger partial charge on any atom is -0.372 e. The van der Waals surface area contributed by atoms with Crippen LogP contribution in [0.25, 0.3) is 10.9 Å². The number of benzene rings is 2. The Kier molecular flexibility index (Phi) is 4.97. The third-order valence-corrected chi connectivity index (χ3v) is 8.29. The van der Waals surface area contributed by atoms with Crippen LogP contribution in [-0.4, -0.2) is 51.7 Å². The van der Waals surface area contributed by atoms with Crippen molar-refractivity contribution < 1.29 is 17.3 Å². The number of hydrogen-bond donors (Lipinski definition) is 1. The Morgan fingerprint density at radius 1 is 1.19 bits per heavy atom. The SMILES string of the molecule is COC12C[C@@H](COS(=O)(=O)c3ccc(C)cc3)CN(C)[C@@H]1Cc1c[nH]c3cccc2c13. The lowest BCUT2D eigenvalue weighted by atomic mass is 9.69. The van der Waals surface area contributed by atoms with Gasteiger partial charge in [-0.15, -0.1) is 0 Å². The second-order valence-electron chi connectivity index (χ2n) is 8.92. The molecule has 0 bridgehead atoms. The monoisotopic (exact) mass is 440 g/mol. The predicted molar refractivity (Wildman–Crippen MR) is 120 cm³/mol. The molecule has 0 saturated carbocycles. The van der Waals surface area contributed by atoms with Crippen molar-refractivity contribution in [1.29, 1.82) is 0 Å². The Labute approximate surface area is 183 Å². The Balaban J connectivity index is 1.43. The number of piperidine rings is 1. The van der Waals surface area contributed by atoms with Gasteiger partial charge in [0.15, 0.2) is 0 Å². The fraction of sp³-hybridized carbons (Fsp3) is 0.417. The zero-order valence-electron chi connectivity index (χ0n) is 18.1. The second-order valence-corrected chi connectivity index (χ2v) is 10.5. The third-order valence-electron chi connectivity index (χ3n) is 7.00. The van der Waals surface area contributed by atoms with E-state index in [2.05, 4.69) is 41.3 Å². The average molecular weight is 441 g/mol. The van der Waals surface area contributed by atoms with Gasteiger partial charge in [0.1, 0.15) is 5.60 Å². The zero-order valence-corrected chi connectivity index (χ0v) is 18.9. The number of nitrogens with one attached hydrogen (secondary N) is 1. The molecule has 7 heteroatoms. The van der Waals surface area contributed by atoms with Gasteiger partial charge in [-0.3, -0.25) is 9.08 Å². The molecule has 5 rings (SSSR count). The molecule has 0 spiro atoms. The van der Waals surface area contributed by atoms with Crippen LogP contribution in [0, 0.1) is 12.8 Å². The first kappa shape index (κ1) is 20.7. The fourth-order valence-corrected chi connectivity index (χ4v) is 6.48. The first-order valence-corrected chi connectivity index (χ1v) is 12.1. The topological polar surface area (TPSA) is 71.6 Å². The molecule has 3 atom stereocenters. The summed E-state index contributed by atoms with van der Waals surface area (Å²) in [5.74, 6) is 0.0252. The quantitative estimate of drug-likeness (QED) is 0.614.